The molecule has 0 unspecified atom stereocenters. The molecule has 95 valence electrons. The number of nitrogens with zero attached hydrogens (tertiary/aromatic N) is 1. The fraction of sp³-hybridized carbons (Fsp3) is 0.176. The van der Waals surface area contributed by atoms with Crippen molar-refractivity contribution in [1.82, 2.24) is 5.41 Å². The highest BCUT2D eigenvalue weighted by Gasteiger charge is 2.07. The Labute approximate surface area is 113 Å². The average molecular weight is 250 g/mol. The first-order valence-corrected chi connectivity index (χ1v) is 6.46. The van der Waals surface area contributed by atoms with Gasteiger partial charge in [0, 0.05) is 12.0 Å². The van der Waals surface area contributed by atoms with Gasteiger partial charge in [-0.25, -0.2) is 0 Å². The van der Waals surface area contributed by atoms with Gasteiger partial charge in [-0.1, -0.05) is 60.7 Å². The fourth-order valence-electron chi connectivity index (χ4n) is 1.96. The van der Waals surface area contributed by atoms with Crippen molar-refractivity contribution in [3.05, 3.63) is 71.8 Å². The van der Waals surface area contributed by atoms with Gasteiger partial charge in [0.15, 0.2) is 5.78 Å². The summed E-state index contributed by atoms with van der Waals surface area (Å²) in [6, 6.07) is 18.7. The summed E-state index contributed by atoms with van der Waals surface area (Å²) in [4.78, 5) is 11.9. The van der Waals surface area contributed by atoms with Gasteiger partial charge in [-0.05, 0) is 18.4 Å². The van der Waals surface area contributed by atoms with Gasteiger partial charge in [0.1, 0.15) is 0 Å². The van der Waals surface area contributed by atoms with E-state index in [2.05, 4.69) is 0 Å². The third-order valence-electron chi connectivity index (χ3n) is 3.02. The maximum atomic E-state index is 11.9. The minimum Gasteiger partial charge on any atom is -0.294 e. The molecule has 0 aliphatic heterocycles. The van der Waals surface area contributed by atoms with E-state index in [1.807, 2.05) is 60.7 Å². The van der Waals surface area contributed by atoms with Crippen LogP contribution in [0.15, 0.2) is 60.7 Å². The predicted molar refractivity (Wildman–Crippen MR) is 77.3 cm³/mol. The first-order valence-electron chi connectivity index (χ1n) is 6.46. The van der Waals surface area contributed by atoms with Crippen molar-refractivity contribution in [2.45, 2.75) is 19.3 Å². The number of ketones is 1. The molecule has 2 aromatic rings. The number of benzene rings is 2. The molecule has 0 aliphatic rings. The van der Waals surface area contributed by atoms with Crippen molar-refractivity contribution in [3.63, 3.8) is 0 Å². The number of hydrogen-bond donors (Lipinski definition) is 0. The summed E-state index contributed by atoms with van der Waals surface area (Å²) in [6.45, 7) is 0. The van der Waals surface area contributed by atoms with Crippen LogP contribution in [-0.4, -0.2) is 11.5 Å². The van der Waals surface area contributed by atoms with Gasteiger partial charge in [-0.3, -0.25) is 4.79 Å². The second kappa shape index (κ2) is 6.64. The molecule has 2 nitrogen and oxygen atoms in total. The molecule has 0 bridgehead atoms. The Morgan fingerprint density at radius 3 is 1.89 bits per heavy atom. The lowest BCUT2D eigenvalue weighted by Crippen LogP contribution is -2.04. The molecular formula is C17H16NO. The Morgan fingerprint density at radius 1 is 0.789 bits per heavy atom. The monoisotopic (exact) mass is 250 g/mol. The molecule has 0 atom stereocenters. The van der Waals surface area contributed by atoms with Crippen LogP contribution in [0, 0.1) is 0 Å². The average Bonchev–Trinajstić information content (AvgIpc) is 2.49. The first-order chi connectivity index (χ1) is 9.27. The molecular weight excluding hydrogens is 234 g/mol. The minimum absolute atomic E-state index is 0.126. The molecule has 0 spiro atoms. The van der Waals surface area contributed by atoms with Crippen molar-refractivity contribution < 1.29 is 4.79 Å². The maximum absolute atomic E-state index is 11.9. The van der Waals surface area contributed by atoms with Crippen LogP contribution < -0.4 is 5.41 Å². The second-order valence-corrected chi connectivity index (χ2v) is 4.46. The molecule has 2 heteroatoms. The van der Waals surface area contributed by atoms with E-state index in [4.69, 9.17) is 0 Å². The molecule has 0 saturated heterocycles. The number of hydrogen-bond acceptors (Lipinski definition) is 1. The summed E-state index contributed by atoms with van der Waals surface area (Å²) < 4.78 is 0. The number of carbonyl (C=O) groups excluding carboxylic acids is 1. The summed E-state index contributed by atoms with van der Waals surface area (Å²) in [6.07, 6.45) is 1.65. The van der Waals surface area contributed by atoms with Crippen LogP contribution in [-0.2, 0) is 0 Å². The summed E-state index contributed by atoms with van der Waals surface area (Å²) in [5.41, 5.74) is 1.91. The van der Waals surface area contributed by atoms with Gasteiger partial charge in [0.25, 0.3) is 0 Å². The summed E-state index contributed by atoms with van der Waals surface area (Å²) in [5, 5.41) is 9.91. The van der Waals surface area contributed by atoms with Crippen molar-refractivity contribution in [1.29, 1.82) is 0 Å². The molecule has 0 amide bonds. The van der Waals surface area contributed by atoms with Crippen molar-refractivity contribution in [2.24, 2.45) is 0 Å². The van der Waals surface area contributed by atoms with Crippen molar-refractivity contribution in [2.75, 3.05) is 0 Å². The Bertz CT molecular complexity index is 494. The number of rotatable bonds is 6. The second-order valence-electron chi connectivity index (χ2n) is 4.46. The van der Waals surface area contributed by atoms with E-state index in [0.29, 0.717) is 25.0 Å². The number of Topliss-reactive ketones (excluding diaryl/α,β-unsaturated/α-hetero) is 1. The molecule has 2 aromatic carbocycles. The highest BCUT2D eigenvalue weighted by molar-refractivity contribution is 6.00. The molecule has 2 rings (SSSR count). The lowest BCUT2D eigenvalue weighted by molar-refractivity contribution is 0.0981. The quantitative estimate of drug-likeness (QED) is 0.572. The van der Waals surface area contributed by atoms with Crippen LogP contribution in [0.25, 0.3) is 0 Å². The van der Waals surface area contributed by atoms with Gasteiger partial charge in [-0.2, -0.15) is 5.41 Å². The predicted octanol–water partition coefficient (Wildman–Crippen LogP) is 3.33. The van der Waals surface area contributed by atoms with Gasteiger partial charge in [0.2, 0.25) is 0 Å². The van der Waals surface area contributed by atoms with E-state index >= 15 is 0 Å². The standard InChI is InChI=1S/C17H16NO/c18-16(14-8-3-1-4-9-14)12-7-13-17(19)15-10-5-2-6-11-15/h1-6,8-11H,7,12-13H2. The van der Waals surface area contributed by atoms with Gasteiger partial charge < -0.3 is 0 Å². The van der Waals surface area contributed by atoms with Crippen molar-refractivity contribution in [3.8, 4) is 0 Å². The van der Waals surface area contributed by atoms with E-state index in [1.165, 1.54) is 0 Å². The van der Waals surface area contributed by atoms with E-state index < -0.39 is 0 Å². The Morgan fingerprint density at radius 2 is 1.32 bits per heavy atom. The lowest BCUT2D eigenvalue weighted by Gasteiger charge is -2.03. The molecule has 0 heterocycles. The van der Waals surface area contributed by atoms with Crippen LogP contribution in [0.4, 0.5) is 0 Å². The zero-order chi connectivity index (χ0) is 13.5. The SMILES string of the molecule is [N]=C(CCCC(=O)c1ccccc1)c1ccccc1. The van der Waals surface area contributed by atoms with Gasteiger partial charge in [0.05, 0.1) is 5.71 Å². The van der Waals surface area contributed by atoms with Crippen LogP contribution in [0.2, 0.25) is 0 Å². The maximum Gasteiger partial charge on any atom is 0.162 e. The van der Waals surface area contributed by atoms with Crippen LogP contribution in [0.5, 0.6) is 0 Å². The fourth-order valence-corrected chi connectivity index (χ4v) is 1.96. The summed E-state index contributed by atoms with van der Waals surface area (Å²) in [5.74, 6) is 0.126. The van der Waals surface area contributed by atoms with E-state index in [1.54, 1.807) is 0 Å². The summed E-state index contributed by atoms with van der Waals surface area (Å²) >= 11 is 0. The van der Waals surface area contributed by atoms with Crippen LogP contribution in [0.1, 0.15) is 35.2 Å². The molecule has 1 radical (unpaired) electrons. The zero-order valence-electron chi connectivity index (χ0n) is 10.8. The molecule has 0 fully saturated rings. The highest BCUT2D eigenvalue weighted by Crippen LogP contribution is 2.09. The summed E-state index contributed by atoms with van der Waals surface area (Å²) in [7, 11) is 0. The largest absolute Gasteiger partial charge is 0.294 e. The lowest BCUT2D eigenvalue weighted by atomic mass is 10.0. The minimum atomic E-state index is 0.126. The van der Waals surface area contributed by atoms with E-state index in [0.717, 1.165) is 11.1 Å². The normalized spacial score (nSPS) is 10.1. The van der Waals surface area contributed by atoms with E-state index in [-0.39, 0.29) is 5.78 Å². The van der Waals surface area contributed by atoms with Crippen LogP contribution >= 0.6 is 0 Å². The topological polar surface area (TPSA) is 39.4 Å². The Kier molecular flexibility index (Phi) is 4.62. The molecule has 0 aliphatic carbocycles. The molecule has 19 heavy (non-hydrogen) atoms. The van der Waals surface area contributed by atoms with Crippen LogP contribution in [0.3, 0.4) is 0 Å². The van der Waals surface area contributed by atoms with Gasteiger partial charge >= 0.3 is 0 Å². The third kappa shape index (κ3) is 3.88. The highest BCUT2D eigenvalue weighted by atomic mass is 16.1. The van der Waals surface area contributed by atoms with Gasteiger partial charge in [-0.15, -0.1) is 0 Å². The first kappa shape index (κ1) is 13.2. The zero-order valence-corrected chi connectivity index (χ0v) is 10.8. The molecule has 0 saturated carbocycles. The Balaban J connectivity index is 1.81. The molecule has 0 aromatic heterocycles. The molecule has 0 N–H and O–H groups in total. The number of carbonyl (C=O) groups is 1. The van der Waals surface area contributed by atoms with Crippen molar-refractivity contribution >= 4 is 11.5 Å². The van der Waals surface area contributed by atoms with E-state index in [9.17, 15) is 10.2 Å². The smallest absolute Gasteiger partial charge is 0.162 e. The third-order valence-corrected chi connectivity index (χ3v) is 3.02. The Hall–Kier alpha value is -2.22.